The maximum atomic E-state index is 14.3. The Morgan fingerprint density at radius 3 is 2.10 bits per heavy atom. The van der Waals surface area contributed by atoms with E-state index < -0.39 is 106 Å². The van der Waals surface area contributed by atoms with E-state index in [9.17, 15) is 34.2 Å². The maximum absolute atomic E-state index is 14.3. The van der Waals surface area contributed by atoms with Crippen molar-refractivity contribution in [1.82, 2.24) is 0 Å². The van der Waals surface area contributed by atoms with E-state index in [1.54, 1.807) is 102 Å². The van der Waals surface area contributed by atoms with Crippen molar-refractivity contribution in [2.45, 2.75) is 141 Å². The number of hydrogen-bond acceptors (Lipinski definition) is 13. The zero-order chi connectivity index (χ0) is 43.7. The average molecular weight is 831 g/mol. The second-order valence-electron chi connectivity index (χ2n) is 19.1. The molecule has 7 rings (SSSR count). The van der Waals surface area contributed by atoms with Crippen molar-refractivity contribution < 1.29 is 62.6 Å². The Balaban J connectivity index is 1.37. The third-order valence-corrected chi connectivity index (χ3v) is 14.2. The molecule has 2 bridgehead atoms. The van der Waals surface area contributed by atoms with Gasteiger partial charge >= 0.3 is 29.8 Å². The van der Waals surface area contributed by atoms with Gasteiger partial charge in [-0.05, 0) is 80.7 Å². The topological polar surface area (TPSA) is 181 Å². The standard InChI is InChI=1S/C47H58O13/c1-25-33(57-42(53)37(51)32(29-16-12-10-13-17-29)21-35(50)60-43(5,6)7)23-47(54)40(58-41(52)30-18-14-11-15-19-30)39-45(26(2)38(56-27(3)48)36(25)44(47,8)9)22-31(45)20-34-46(39,24-55-34)59-28(4)49/h10-19,26,31-34,37-40,51,54H,20-24H2,1-9H3/t26?,31-,32+,33+,34-,37-,38+,39+,40+,45-,46+,47-/m1/s1. The smallest absolute Gasteiger partial charge is 0.338 e. The van der Waals surface area contributed by atoms with E-state index in [0.29, 0.717) is 29.6 Å². The fourth-order valence-corrected chi connectivity index (χ4v) is 11.4. The van der Waals surface area contributed by atoms with E-state index in [1.807, 2.05) is 6.92 Å². The van der Waals surface area contributed by atoms with Gasteiger partial charge in [0.2, 0.25) is 0 Å². The number of aliphatic hydroxyl groups excluding tert-OH is 1. The van der Waals surface area contributed by atoms with Gasteiger partial charge in [-0.2, -0.15) is 0 Å². The molecule has 12 atom stereocenters. The molecular weight excluding hydrogens is 773 g/mol. The Morgan fingerprint density at radius 2 is 1.53 bits per heavy atom. The molecule has 13 heteroatoms. The van der Waals surface area contributed by atoms with Gasteiger partial charge in [0, 0.05) is 37.5 Å². The molecule has 1 unspecified atom stereocenters. The van der Waals surface area contributed by atoms with Crippen molar-refractivity contribution in [3.05, 3.63) is 82.9 Å². The summed E-state index contributed by atoms with van der Waals surface area (Å²) < 4.78 is 37.1. The third-order valence-electron chi connectivity index (χ3n) is 14.2. The molecule has 60 heavy (non-hydrogen) atoms. The molecule has 1 saturated heterocycles. The first-order valence-corrected chi connectivity index (χ1v) is 20.9. The van der Waals surface area contributed by atoms with Gasteiger partial charge in [-0.3, -0.25) is 14.4 Å². The molecule has 3 saturated carbocycles. The number of carbonyl (C=O) groups excluding carboxylic acids is 5. The Labute approximate surface area is 351 Å². The number of carbonyl (C=O) groups is 5. The molecule has 1 aliphatic heterocycles. The van der Waals surface area contributed by atoms with Crippen molar-refractivity contribution >= 4 is 29.8 Å². The van der Waals surface area contributed by atoms with E-state index >= 15 is 0 Å². The average Bonchev–Trinajstić information content (AvgIpc) is 3.90. The van der Waals surface area contributed by atoms with Crippen molar-refractivity contribution in [3.63, 3.8) is 0 Å². The molecule has 2 N–H and O–H groups in total. The number of esters is 5. The lowest BCUT2D eigenvalue weighted by atomic mass is 9.47. The summed E-state index contributed by atoms with van der Waals surface area (Å²) in [5.74, 6) is -5.95. The number of ether oxygens (including phenoxy) is 6. The molecule has 1 heterocycles. The molecule has 13 nitrogen and oxygen atoms in total. The van der Waals surface area contributed by atoms with E-state index in [-0.39, 0.29) is 30.9 Å². The molecule has 1 spiro atoms. The molecular formula is C47H58O13. The first kappa shape index (κ1) is 43.5. The molecule has 2 aromatic carbocycles. The summed E-state index contributed by atoms with van der Waals surface area (Å²) >= 11 is 0. The summed E-state index contributed by atoms with van der Waals surface area (Å²) in [6, 6.07) is 17.0. The van der Waals surface area contributed by atoms with Crippen LogP contribution in [0.3, 0.4) is 0 Å². The van der Waals surface area contributed by atoms with Crippen LogP contribution in [0.25, 0.3) is 0 Å². The summed E-state index contributed by atoms with van der Waals surface area (Å²) in [6.45, 7) is 15.1. The fourth-order valence-electron chi connectivity index (χ4n) is 11.4. The number of aliphatic hydroxyl groups is 2. The van der Waals surface area contributed by atoms with Gasteiger partial charge in [-0.25, -0.2) is 9.59 Å². The van der Waals surface area contributed by atoms with Crippen LogP contribution in [-0.2, 0) is 47.6 Å². The van der Waals surface area contributed by atoms with Gasteiger partial charge < -0.3 is 38.6 Å². The molecule has 5 aliphatic rings. The van der Waals surface area contributed by atoms with Crippen molar-refractivity contribution in [1.29, 1.82) is 0 Å². The molecule has 0 amide bonds. The first-order valence-electron chi connectivity index (χ1n) is 20.9. The number of fused-ring (bicyclic) bond motifs is 4. The second-order valence-corrected chi connectivity index (χ2v) is 19.1. The molecule has 2 aromatic rings. The van der Waals surface area contributed by atoms with E-state index in [2.05, 4.69) is 0 Å². The SMILES string of the molecule is CC(=O)O[C@@H]1C2=C(C)[C@@H](OC(=O)[C@H](O)[C@@H](CC(=O)OC(C)(C)C)c3ccccc3)C[C@@](O)([C@@H](OC(=O)c3ccccc3)[C@@H]3[C@]4(OC(C)=O)CO[C@@H]4C[C@@H]4C[C@@]43C1C)C2(C)C. The highest BCUT2D eigenvalue weighted by atomic mass is 16.6. The van der Waals surface area contributed by atoms with Gasteiger partial charge in [-0.1, -0.05) is 69.3 Å². The number of benzene rings is 2. The third kappa shape index (κ3) is 7.23. The van der Waals surface area contributed by atoms with Crippen molar-refractivity contribution in [2.24, 2.45) is 28.6 Å². The van der Waals surface area contributed by atoms with Crippen LogP contribution in [0.4, 0.5) is 0 Å². The second kappa shape index (κ2) is 15.4. The van der Waals surface area contributed by atoms with Crippen LogP contribution in [0, 0.1) is 28.6 Å². The normalized spacial score (nSPS) is 34.6. The van der Waals surface area contributed by atoms with Crippen LogP contribution in [0.15, 0.2) is 71.8 Å². The molecule has 0 aromatic heterocycles. The van der Waals surface area contributed by atoms with Crippen LogP contribution >= 0.6 is 0 Å². The molecule has 4 fully saturated rings. The van der Waals surface area contributed by atoms with Crippen LogP contribution in [0.1, 0.15) is 110 Å². The van der Waals surface area contributed by atoms with Gasteiger partial charge in [0.05, 0.1) is 24.5 Å². The zero-order valence-corrected chi connectivity index (χ0v) is 35.9. The van der Waals surface area contributed by atoms with Crippen LogP contribution in [0.5, 0.6) is 0 Å². The minimum atomic E-state index is -2.08. The summed E-state index contributed by atoms with van der Waals surface area (Å²) in [4.78, 5) is 68.0. The van der Waals surface area contributed by atoms with Crippen LogP contribution in [-0.4, -0.2) is 94.0 Å². The highest BCUT2D eigenvalue weighted by molar-refractivity contribution is 5.89. The highest BCUT2D eigenvalue weighted by Gasteiger charge is 2.83. The molecule has 0 radical (unpaired) electrons. The number of hydrogen-bond donors (Lipinski definition) is 2. The van der Waals surface area contributed by atoms with Gasteiger partial charge in [-0.15, -0.1) is 0 Å². The summed E-state index contributed by atoms with van der Waals surface area (Å²) in [6.07, 6.45) is -5.49. The quantitative estimate of drug-likeness (QED) is 0.167. The molecule has 324 valence electrons. The predicted molar refractivity (Wildman–Crippen MR) is 215 cm³/mol. The van der Waals surface area contributed by atoms with Gasteiger partial charge in [0.15, 0.2) is 11.7 Å². The monoisotopic (exact) mass is 830 g/mol. The van der Waals surface area contributed by atoms with E-state index in [1.165, 1.54) is 13.8 Å². The fraction of sp³-hybridized carbons (Fsp3) is 0.596. The largest absolute Gasteiger partial charge is 0.460 e. The van der Waals surface area contributed by atoms with Crippen LogP contribution < -0.4 is 0 Å². The lowest BCUT2D eigenvalue weighted by molar-refractivity contribution is -0.332. The Morgan fingerprint density at radius 1 is 0.900 bits per heavy atom. The summed E-state index contributed by atoms with van der Waals surface area (Å²) in [5, 5.41) is 25.6. The maximum Gasteiger partial charge on any atom is 0.338 e. The summed E-state index contributed by atoms with van der Waals surface area (Å²) in [7, 11) is 0. The zero-order valence-electron chi connectivity index (χ0n) is 35.9. The lowest BCUT2D eigenvalue weighted by Crippen LogP contribution is -2.77. The predicted octanol–water partition coefficient (Wildman–Crippen LogP) is 5.79. The lowest BCUT2D eigenvalue weighted by Gasteiger charge is -2.66. The number of rotatable bonds is 10. The Hall–Kier alpha value is -4.59. The van der Waals surface area contributed by atoms with Gasteiger partial charge in [0.1, 0.15) is 35.6 Å². The minimum absolute atomic E-state index is 0.0118. The van der Waals surface area contributed by atoms with E-state index in [4.69, 9.17) is 28.4 Å². The highest BCUT2D eigenvalue weighted by Crippen LogP contribution is 2.77. The minimum Gasteiger partial charge on any atom is -0.460 e. The van der Waals surface area contributed by atoms with Gasteiger partial charge in [0.25, 0.3) is 0 Å². The first-order chi connectivity index (χ1) is 28.1. The Bertz CT molecular complexity index is 2050. The van der Waals surface area contributed by atoms with Crippen LogP contribution in [0.2, 0.25) is 0 Å². The molecule has 4 aliphatic carbocycles. The van der Waals surface area contributed by atoms with Crippen molar-refractivity contribution in [2.75, 3.05) is 6.61 Å². The Kier molecular flexibility index (Phi) is 11.2. The van der Waals surface area contributed by atoms with E-state index in [0.717, 1.165) is 0 Å². The summed E-state index contributed by atoms with van der Waals surface area (Å²) in [5.41, 5.74) is -4.57. The van der Waals surface area contributed by atoms with Crippen molar-refractivity contribution in [3.8, 4) is 0 Å².